The zero-order valence-corrected chi connectivity index (χ0v) is 9.76. The summed E-state index contributed by atoms with van der Waals surface area (Å²) >= 11 is 0. The lowest BCUT2D eigenvalue weighted by molar-refractivity contribution is 0.327. The van der Waals surface area contributed by atoms with Gasteiger partial charge in [-0.25, -0.2) is 0 Å². The summed E-state index contributed by atoms with van der Waals surface area (Å²) in [6.45, 7) is 5.16. The molecule has 0 aromatic rings. The molecule has 0 saturated heterocycles. The van der Waals surface area contributed by atoms with E-state index in [4.69, 9.17) is 11.5 Å². The molecule has 0 aromatic carbocycles. The van der Waals surface area contributed by atoms with Crippen LogP contribution in [-0.2, 0) is 0 Å². The van der Waals surface area contributed by atoms with Gasteiger partial charge in [-0.15, -0.1) is 0 Å². The summed E-state index contributed by atoms with van der Waals surface area (Å²) < 4.78 is 0. The molecule has 88 valence electrons. The normalized spacial score (nSPS) is 10.7. The number of nitrogens with two attached hydrogens (primary N) is 4. The maximum atomic E-state index is 6.25. The highest BCUT2D eigenvalue weighted by molar-refractivity contribution is 4.82. The van der Waals surface area contributed by atoms with Gasteiger partial charge < -0.3 is 11.5 Å². The number of hydrazine groups is 1. The van der Waals surface area contributed by atoms with Gasteiger partial charge in [-0.1, -0.05) is 26.7 Å². The third kappa shape index (κ3) is 8.44. The zero-order valence-electron chi connectivity index (χ0n) is 9.76. The van der Waals surface area contributed by atoms with Gasteiger partial charge in [0.15, 0.2) is 0 Å². The lowest BCUT2D eigenvalue weighted by Gasteiger charge is -2.28. The van der Waals surface area contributed by atoms with E-state index in [0.29, 0.717) is 0 Å². The van der Waals surface area contributed by atoms with Gasteiger partial charge in [0.05, 0.1) is 0 Å². The van der Waals surface area contributed by atoms with E-state index in [0.717, 1.165) is 32.2 Å². The molecule has 0 heterocycles. The quantitative estimate of drug-likeness (QED) is 0.364. The molecule has 0 atom stereocenters. The van der Waals surface area contributed by atoms with Crippen molar-refractivity contribution in [1.82, 2.24) is 0 Å². The molecule has 0 aliphatic carbocycles. The van der Waals surface area contributed by atoms with Crippen LogP contribution in [0.15, 0.2) is 0 Å². The second kappa shape index (κ2) is 10.9. The van der Waals surface area contributed by atoms with Crippen molar-refractivity contribution in [3.63, 3.8) is 0 Å². The summed E-state index contributed by atoms with van der Waals surface area (Å²) in [5.74, 6) is 8.00. The first-order valence-electron chi connectivity index (χ1n) is 5.51. The summed E-state index contributed by atoms with van der Waals surface area (Å²) in [6, 6.07) is 0. The van der Waals surface area contributed by atoms with Crippen molar-refractivity contribution in [3.8, 4) is 0 Å². The van der Waals surface area contributed by atoms with Gasteiger partial charge in [-0.3, -0.25) is 11.7 Å². The summed E-state index contributed by atoms with van der Waals surface area (Å²) in [6.07, 6.45) is 6.80. The first-order valence-corrected chi connectivity index (χ1v) is 5.51. The van der Waals surface area contributed by atoms with E-state index in [1.807, 2.05) is 0 Å². The van der Waals surface area contributed by atoms with Crippen LogP contribution < -0.4 is 23.2 Å². The average Bonchev–Trinajstić information content (AvgIpc) is 2.19. The van der Waals surface area contributed by atoms with Crippen molar-refractivity contribution in [2.45, 2.75) is 57.9 Å². The van der Waals surface area contributed by atoms with E-state index < -0.39 is 0 Å². The minimum Gasteiger partial charge on any atom is -0.330 e. The minimum absolute atomic E-state index is 0.0723. The second-order valence-corrected chi connectivity index (χ2v) is 3.75. The van der Waals surface area contributed by atoms with Crippen LogP contribution in [0.25, 0.3) is 0 Å². The van der Waals surface area contributed by atoms with E-state index in [1.165, 1.54) is 12.8 Å². The number of hydrogen-bond acceptors (Lipinski definition) is 4. The summed E-state index contributed by atoms with van der Waals surface area (Å²) in [5, 5.41) is 0. The Morgan fingerprint density at radius 1 is 0.929 bits per heavy atom. The molecule has 0 spiro atoms. The Morgan fingerprint density at radius 3 is 1.64 bits per heavy atom. The Labute approximate surface area is 88.4 Å². The maximum absolute atomic E-state index is 6.25. The molecular weight excluding hydrogens is 176 g/mol. The first-order chi connectivity index (χ1) is 6.68. The molecule has 4 nitrogen and oxygen atoms in total. The Bertz CT molecular complexity index is 100. The van der Waals surface area contributed by atoms with E-state index in [1.54, 1.807) is 0 Å². The van der Waals surface area contributed by atoms with Gasteiger partial charge in [0.2, 0.25) is 0 Å². The SMILES string of the molecule is CCCC(N)(CCC)CCCN.NN. The van der Waals surface area contributed by atoms with Crippen LogP contribution in [0.5, 0.6) is 0 Å². The van der Waals surface area contributed by atoms with Crippen LogP contribution >= 0.6 is 0 Å². The van der Waals surface area contributed by atoms with Crippen LogP contribution in [0, 0.1) is 0 Å². The monoisotopic (exact) mass is 204 g/mol. The van der Waals surface area contributed by atoms with Crippen LogP contribution in [0.2, 0.25) is 0 Å². The first kappa shape index (κ1) is 16.3. The predicted octanol–water partition coefficient (Wildman–Crippen LogP) is 0.842. The van der Waals surface area contributed by atoms with Crippen molar-refractivity contribution < 1.29 is 0 Å². The van der Waals surface area contributed by atoms with Crippen molar-refractivity contribution >= 4 is 0 Å². The Morgan fingerprint density at radius 2 is 1.36 bits per heavy atom. The van der Waals surface area contributed by atoms with Gasteiger partial charge in [0.25, 0.3) is 0 Å². The van der Waals surface area contributed by atoms with E-state index in [9.17, 15) is 0 Å². The van der Waals surface area contributed by atoms with E-state index in [2.05, 4.69) is 25.5 Å². The predicted molar refractivity (Wildman–Crippen MR) is 63.4 cm³/mol. The minimum atomic E-state index is 0.0723. The molecule has 4 heteroatoms. The largest absolute Gasteiger partial charge is 0.330 e. The Balaban J connectivity index is 0. The molecule has 0 unspecified atom stereocenters. The molecular formula is C10H28N4. The Kier molecular flexibility index (Phi) is 12.7. The fraction of sp³-hybridized carbons (Fsp3) is 1.00. The van der Waals surface area contributed by atoms with Gasteiger partial charge in [-0.05, 0) is 32.2 Å². The molecule has 0 radical (unpaired) electrons. The fourth-order valence-electron chi connectivity index (χ4n) is 1.82. The molecule has 8 N–H and O–H groups in total. The standard InChI is InChI=1S/C10H24N2.H4N2/c1-3-6-10(12,7-4-2)8-5-9-11;1-2/h3-9,11-12H2,1-2H3;1-2H2. The van der Waals surface area contributed by atoms with Crippen molar-refractivity contribution in [2.75, 3.05) is 6.54 Å². The molecule has 0 bridgehead atoms. The average molecular weight is 204 g/mol. The van der Waals surface area contributed by atoms with Crippen LogP contribution in [0.3, 0.4) is 0 Å². The summed E-state index contributed by atoms with van der Waals surface area (Å²) in [5.41, 5.74) is 11.8. The number of rotatable bonds is 7. The van der Waals surface area contributed by atoms with Crippen molar-refractivity contribution in [2.24, 2.45) is 23.2 Å². The van der Waals surface area contributed by atoms with E-state index >= 15 is 0 Å². The summed E-state index contributed by atoms with van der Waals surface area (Å²) in [4.78, 5) is 0. The Hall–Kier alpha value is -0.160. The highest BCUT2D eigenvalue weighted by Crippen LogP contribution is 2.21. The lowest BCUT2D eigenvalue weighted by Crippen LogP contribution is -2.39. The van der Waals surface area contributed by atoms with Crippen molar-refractivity contribution in [1.29, 1.82) is 0 Å². The topological polar surface area (TPSA) is 104 Å². The molecule has 0 saturated carbocycles. The molecule has 14 heavy (non-hydrogen) atoms. The molecule has 0 rings (SSSR count). The van der Waals surface area contributed by atoms with Gasteiger partial charge in [0, 0.05) is 5.54 Å². The van der Waals surface area contributed by atoms with Gasteiger partial charge in [0.1, 0.15) is 0 Å². The van der Waals surface area contributed by atoms with Crippen molar-refractivity contribution in [3.05, 3.63) is 0 Å². The molecule has 0 aliphatic rings. The third-order valence-corrected chi connectivity index (χ3v) is 2.37. The lowest BCUT2D eigenvalue weighted by atomic mass is 9.85. The molecule has 0 aromatic heterocycles. The van der Waals surface area contributed by atoms with Crippen LogP contribution in [0.4, 0.5) is 0 Å². The highest BCUT2D eigenvalue weighted by atomic mass is 15.0. The summed E-state index contributed by atoms with van der Waals surface area (Å²) in [7, 11) is 0. The van der Waals surface area contributed by atoms with Gasteiger partial charge >= 0.3 is 0 Å². The van der Waals surface area contributed by atoms with E-state index in [-0.39, 0.29) is 5.54 Å². The highest BCUT2D eigenvalue weighted by Gasteiger charge is 2.21. The molecule has 0 amide bonds. The smallest absolute Gasteiger partial charge is 0.0154 e. The second-order valence-electron chi connectivity index (χ2n) is 3.75. The van der Waals surface area contributed by atoms with Crippen LogP contribution in [-0.4, -0.2) is 12.1 Å². The number of hydrogen-bond donors (Lipinski definition) is 4. The maximum Gasteiger partial charge on any atom is 0.0154 e. The fourth-order valence-corrected chi connectivity index (χ4v) is 1.82. The van der Waals surface area contributed by atoms with Gasteiger partial charge in [-0.2, -0.15) is 0 Å². The molecule has 0 fully saturated rings. The van der Waals surface area contributed by atoms with Crippen LogP contribution in [0.1, 0.15) is 52.4 Å². The zero-order chi connectivity index (χ0) is 11.4. The molecule has 0 aliphatic heterocycles. The third-order valence-electron chi connectivity index (χ3n) is 2.37.